The fourth-order valence-electron chi connectivity index (χ4n) is 9.50. The molecule has 0 aliphatic heterocycles. The maximum atomic E-state index is 13.6. The molecule has 1 aromatic carbocycles. The third kappa shape index (κ3) is 5.73. The van der Waals surface area contributed by atoms with Crippen LogP contribution in [0.15, 0.2) is 40.8 Å². The van der Waals surface area contributed by atoms with E-state index in [2.05, 4.69) is 26.8 Å². The predicted octanol–water partition coefficient (Wildman–Crippen LogP) is 6.58. The van der Waals surface area contributed by atoms with E-state index in [1.165, 1.54) is 17.7 Å². The van der Waals surface area contributed by atoms with Crippen LogP contribution < -0.4 is 0 Å². The van der Waals surface area contributed by atoms with Gasteiger partial charge in [0.05, 0.1) is 11.0 Å². The Balaban J connectivity index is 1.18. The number of ketones is 1. The van der Waals surface area contributed by atoms with E-state index in [-0.39, 0.29) is 39.6 Å². The normalized spacial score (nSPS) is 37.4. The second-order valence-electron chi connectivity index (χ2n) is 14.5. The number of rotatable bonds is 9. The first kappa shape index (κ1) is 30.9. The predicted molar refractivity (Wildman–Crippen MR) is 159 cm³/mol. The van der Waals surface area contributed by atoms with Crippen molar-refractivity contribution in [3.05, 3.63) is 41.5 Å². The summed E-state index contributed by atoms with van der Waals surface area (Å²) in [6, 6.07) is 6.40. The molecule has 228 valence electrons. The van der Waals surface area contributed by atoms with Crippen LogP contribution in [0.25, 0.3) is 0 Å². The number of carbonyl (C=O) groups excluding carboxylic acids is 1. The second-order valence-corrected chi connectivity index (χ2v) is 16.1. The van der Waals surface area contributed by atoms with Gasteiger partial charge in [0.25, 0.3) is 10.1 Å². The molecule has 5 rings (SSSR count). The largest absolute Gasteiger partial charge is 0.393 e. The molecule has 2 unspecified atom stereocenters. The molecule has 4 aliphatic rings. The van der Waals surface area contributed by atoms with Crippen LogP contribution >= 0.6 is 0 Å². The van der Waals surface area contributed by atoms with Crippen molar-refractivity contribution in [1.82, 2.24) is 0 Å². The Bertz CT molecular complexity index is 1250. The quantitative estimate of drug-likeness (QED) is 0.193. The number of hydrogen-bond donors (Lipinski definition) is 2. The molecule has 2 N–H and O–H groups in total. The molecule has 0 amide bonds. The lowest BCUT2D eigenvalue weighted by Gasteiger charge is -2.58. The maximum absolute atomic E-state index is 13.6. The highest BCUT2D eigenvalue weighted by atomic mass is 32.2. The van der Waals surface area contributed by atoms with Gasteiger partial charge in [-0.2, -0.15) is 8.42 Å². The summed E-state index contributed by atoms with van der Waals surface area (Å²) in [5.41, 5.74) is 2.60. The molecule has 6 nitrogen and oxygen atoms in total. The summed E-state index contributed by atoms with van der Waals surface area (Å²) < 4.78 is 30.3. The lowest BCUT2D eigenvalue weighted by atomic mass is 9.47. The van der Waals surface area contributed by atoms with Crippen molar-refractivity contribution >= 4 is 15.9 Å². The van der Waals surface area contributed by atoms with Crippen molar-refractivity contribution in [1.29, 1.82) is 0 Å². The molecule has 4 aliphatic carbocycles. The summed E-state index contributed by atoms with van der Waals surface area (Å²) in [4.78, 5) is 13.7. The SMILES string of the molecule is Cc1ccc(S(=O)(=O)OC(O)[C@H](C)CCC[C@@H](C)[C@H]2C(=O)C[C@H]3[C@@H]4CC=C5CC(O)CC[C@]5(C)[C@H]4CC[C@]23C)cc1. The number of hydrogen-bond acceptors (Lipinski definition) is 6. The van der Waals surface area contributed by atoms with Gasteiger partial charge in [-0.15, -0.1) is 0 Å². The zero-order chi connectivity index (χ0) is 29.7. The van der Waals surface area contributed by atoms with Gasteiger partial charge in [-0.25, -0.2) is 4.18 Å². The van der Waals surface area contributed by atoms with Gasteiger partial charge in [0.15, 0.2) is 6.29 Å². The number of fused-ring (bicyclic) bond motifs is 5. The van der Waals surface area contributed by atoms with Crippen molar-refractivity contribution < 1.29 is 27.6 Å². The number of Topliss-reactive ketones (excluding diaryl/α,β-unsaturated/α-hetero) is 1. The number of benzene rings is 1. The zero-order valence-electron chi connectivity index (χ0n) is 25.5. The van der Waals surface area contributed by atoms with Crippen molar-refractivity contribution in [2.24, 2.45) is 46.3 Å². The van der Waals surface area contributed by atoms with E-state index in [9.17, 15) is 23.4 Å². The van der Waals surface area contributed by atoms with Gasteiger partial charge in [0, 0.05) is 18.3 Å². The summed E-state index contributed by atoms with van der Waals surface area (Å²) in [5.74, 6) is 1.94. The van der Waals surface area contributed by atoms with Gasteiger partial charge in [0.2, 0.25) is 0 Å². The van der Waals surface area contributed by atoms with Gasteiger partial charge >= 0.3 is 0 Å². The highest BCUT2D eigenvalue weighted by molar-refractivity contribution is 7.86. The fourth-order valence-corrected chi connectivity index (χ4v) is 10.5. The van der Waals surface area contributed by atoms with Gasteiger partial charge in [-0.1, -0.05) is 63.5 Å². The minimum absolute atomic E-state index is 0.0178. The van der Waals surface area contributed by atoms with E-state index in [0.717, 1.165) is 56.9 Å². The minimum atomic E-state index is -4.04. The third-order valence-electron chi connectivity index (χ3n) is 11.9. The molecule has 3 saturated carbocycles. The molecule has 0 bridgehead atoms. The standard InChI is InChI=1S/C34H50O6S/c1-21-9-12-26(13-10-21)41(38,39)40-32(37)23(3)8-6-7-22(2)31-30(36)20-29-27-14-11-24-19-25(35)15-17-33(24,4)28(27)16-18-34(29,31)5/h9-13,22-23,25,27-29,31-32,35,37H,6-8,14-20H2,1-5H3/t22-,23-,25?,27-,28+,29+,31+,32?,33+,34+/m1/s1. The molecule has 7 heteroatoms. The first-order valence-corrected chi connectivity index (χ1v) is 17.3. The Morgan fingerprint density at radius 3 is 2.44 bits per heavy atom. The van der Waals surface area contributed by atoms with E-state index < -0.39 is 16.4 Å². The van der Waals surface area contributed by atoms with Gasteiger partial charge < -0.3 is 10.2 Å². The molecule has 0 aromatic heterocycles. The molecule has 41 heavy (non-hydrogen) atoms. The maximum Gasteiger partial charge on any atom is 0.299 e. The molecular weight excluding hydrogens is 536 g/mol. The summed E-state index contributed by atoms with van der Waals surface area (Å²) in [5, 5.41) is 20.8. The van der Waals surface area contributed by atoms with E-state index >= 15 is 0 Å². The molecule has 1 aromatic rings. The number of aryl methyl sites for hydroxylation is 1. The fraction of sp³-hybridized carbons (Fsp3) is 0.735. The molecular formula is C34H50O6S. The van der Waals surface area contributed by atoms with E-state index in [1.54, 1.807) is 12.1 Å². The number of aliphatic hydroxyl groups is 2. The minimum Gasteiger partial charge on any atom is -0.393 e. The van der Waals surface area contributed by atoms with Gasteiger partial charge in [-0.3, -0.25) is 4.79 Å². The van der Waals surface area contributed by atoms with Crippen molar-refractivity contribution in [2.45, 2.75) is 116 Å². The Morgan fingerprint density at radius 2 is 1.73 bits per heavy atom. The highest BCUT2D eigenvalue weighted by Crippen LogP contribution is 2.66. The zero-order valence-corrected chi connectivity index (χ0v) is 26.3. The van der Waals surface area contributed by atoms with E-state index in [0.29, 0.717) is 36.4 Å². The molecule has 0 spiro atoms. The monoisotopic (exact) mass is 586 g/mol. The van der Waals surface area contributed by atoms with Crippen molar-refractivity contribution in [3.8, 4) is 0 Å². The third-order valence-corrected chi connectivity index (χ3v) is 13.2. The lowest BCUT2D eigenvalue weighted by molar-refractivity contribution is -0.124. The first-order valence-electron chi connectivity index (χ1n) is 15.8. The molecule has 3 fully saturated rings. The Morgan fingerprint density at radius 1 is 1.02 bits per heavy atom. The summed E-state index contributed by atoms with van der Waals surface area (Å²) in [6.07, 6.45) is 9.83. The summed E-state index contributed by atoms with van der Waals surface area (Å²) in [7, 11) is -4.04. The Hall–Kier alpha value is -1.54. The number of carbonyl (C=O) groups is 1. The topological polar surface area (TPSA) is 101 Å². The molecule has 10 atom stereocenters. The van der Waals surface area contributed by atoms with E-state index in [1.807, 2.05) is 13.8 Å². The average Bonchev–Trinajstić information content (AvgIpc) is 3.18. The molecule has 0 radical (unpaired) electrons. The van der Waals surface area contributed by atoms with Crippen LogP contribution in [-0.2, 0) is 19.1 Å². The van der Waals surface area contributed by atoms with Crippen molar-refractivity contribution in [3.63, 3.8) is 0 Å². The van der Waals surface area contributed by atoms with Crippen LogP contribution in [0.4, 0.5) is 0 Å². The van der Waals surface area contributed by atoms with Crippen molar-refractivity contribution in [2.75, 3.05) is 0 Å². The van der Waals surface area contributed by atoms with Crippen LogP contribution in [0.1, 0.15) is 97.5 Å². The molecule has 0 heterocycles. The smallest absolute Gasteiger partial charge is 0.299 e. The van der Waals surface area contributed by atoms with Gasteiger partial charge in [0.1, 0.15) is 5.78 Å². The highest BCUT2D eigenvalue weighted by Gasteiger charge is 2.61. The Kier molecular flexibility index (Phi) is 8.68. The van der Waals surface area contributed by atoms with Gasteiger partial charge in [-0.05, 0) is 105 Å². The van der Waals surface area contributed by atoms with Crippen LogP contribution in [0.5, 0.6) is 0 Å². The average molecular weight is 587 g/mol. The molecule has 0 saturated heterocycles. The second kappa shape index (κ2) is 11.5. The van der Waals surface area contributed by atoms with Crippen LogP contribution in [0.2, 0.25) is 0 Å². The van der Waals surface area contributed by atoms with Crippen LogP contribution in [0.3, 0.4) is 0 Å². The van der Waals surface area contributed by atoms with Crippen LogP contribution in [0, 0.1) is 53.3 Å². The number of allylic oxidation sites excluding steroid dienone is 1. The Labute approximate surface area is 247 Å². The first-order chi connectivity index (χ1) is 19.3. The summed E-state index contributed by atoms with van der Waals surface area (Å²) >= 11 is 0. The number of aliphatic hydroxyl groups excluding tert-OH is 2. The van der Waals surface area contributed by atoms with Crippen LogP contribution in [-0.4, -0.2) is 36.8 Å². The van der Waals surface area contributed by atoms with E-state index in [4.69, 9.17) is 4.18 Å². The summed E-state index contributed by atoms with van der Waals surface area (Å²) in [6.45, 7) is 10.7. The lowest BCUT2D eigenvalue weighted by Crippen LogP contribution is -2.51.